The van der Waals surface area contributed by atoms with Crippen LogP contribution in [0.4, 0.5) is 0 Å². The molecule has 1 aliphatic rings. The molecule has 0 saturated carbocycles. The van der Waals surface area contributed by atoms with Crippen molar-refractivity contribution in [3.05, 3.63) is 36.5 Å². The van der Waals surface area contributed by atoms with Crippen LogP contribution < -0.4 is 14.2 Å². The van der Waals surface area contributed by atoms with Gasteiger partial charge < -0.3 is 14.2 Å². The van der Waals surface area contributed by atoms with Crippen LogP contribution in [0.3, 0.4) is 0 Å². The Kier molecular flexibility index (Phi) is 2.06. The molecule has 0 fully saturated rings. The highest BCUT2D eigenvalue weighted by atomic mass is 16.7. The Hall–Kier alpha value is -2.49. The van der Waals surface area contributed by atoms with Crippen molar-refractivity contribution in [2.24, 2.45) is 0 Å². The molecule has 94 valence electrons. The Morgan fingerprint density at radius 3 is 2.53 bits per heavy atom. The van der Waals surface area contributed by atoms with E-state index in [0.29, 0.717) is 5.88 Å². The summed E-state index contributed by atoms with van der Waals surface area (Å²) in [5, 5.41) is 4.40. The van der Waals surface area contributed by atoms with Crippen molar-refractivity contribution >= 4 is 21.5 Å². The highest BCUT2D eigenvalue weighted by molar-refractivity contribution is 6.08. The van der Waals surface area contributed by atoms with Gasteiger partial charge in [0.2, 0.25) is 12.7 Å². The highest BCUT2D eigenvalue weighted by Gasteiger charge is 2.15. The van der Waals surface area contributed by atoms with E-state index in [4.69, 9.17) is 14.2 Å². The summed E-state index contributed by atoms with van der Waals surface area (Å²) >= 11 is 0. The summed E-state index contributed by atoms with van der Waals surface area (Å²) in [6.45, 7) is 0.287. The van der Waals surface area contributed by atoms with Crippen LogP contribution in [0, 0.1) is 0 Å². The Bertz CT molecular complexity index is 798. The van der Waals surface area contributed by atoms with Crippen LogP contribution in [-0.2, 0) is 0 Å². The molecular formula is C15H11NO3. The second-order valence-electron chi connectivity index (χ2n) is 4.44. The van der Waals surface area contributed by atoms with Crippen LogP contribution in [-0.4, -0.2) is 18.9 Å². The van der Waals surface area contributed by atoms with E-state index < -0.39 is 0 Å². The first-order chi connectivity index (χ1) is 9.35. The lowest BCUT2D eigenvalue weighted by molar-refractivity contribution is 0.174. The fraction of sp³-hybridized carbons (Fsp3) is 0.133. The first kappa shape index (κ1) is 10.4. The molecule has 0 saturated heterocycles. The molecule has 1 aromatic heterocycles. The third kappa shape index (κ3) is 1.50. The number of aromatic nitrogens is 1. The van der Waals surface area contributed by atoms with Crippen LogP contribution >= 0.6 is 0 Å². The molecule has 0 radical (unpaired) electrons. The van der Waals surface area contributed by atoms with Gasteiger partial charge >= 0.3 is 0 Å². The van der Waals surface area contributed by atoms with Crippen molar-refractivity contribution in [2.45, 2.75) is 0 Å². The second-order valence-corrected chi connectivity index (χ2v) is 4.44. The Labute approximate surface area is 109 Å². The van der Waals surface area contributed by atoms with Crippen molar-refractivity contribution in [1.29, 1.82) is 0 Å². The second kappa shape index (κ2) is 3.75. The van der Waals surface area contributed by atoms with Gasteiger partial charge in [0.25, 0.3) is 0 Å². The molecular weight excluding hydrogens is 242 g/mol. The molecule has 0 bridgehead atoms. The summed E-state index contributed by atoms with van der Waals surface area (Å²) in [5.41, 5.74) is 0. The fourth-order valence-electron chi connectivity index (χ4n) is 2.43. The molecule has 0 spiro atoms. The molecule has 3 aromatic rings. The van der Waals surface area contributed by atoms with E-state index in [0.717, 1.165) is 33.0 Å². The maximum absolute atomic E-state index is 5.43. The maximum Gasteiger partial charge on any atom is 0.231 e. The summed E-state index contributed by atoms with van der Waals surface area (Å²) in [6.07, 6.45) is 1.83. The monoisotopic (exact) mass is 253 g/mol. The number of nitrogens with zero attached hydrogens (tertiary/aromatic N) is 1. The number of rotatable bonds is 1. The summed E-state index contributed by atoms with van der Waals surface area (Å²) in [4.78, 5) is 4.27. The van der Waals surface area contributed by atoms with E-state index in [-0.39, 0.29) is 6.79 Å². The lowest BCUT2D eigenvalue weighted by Gasteiger charge is -2.06. The Morgan fingerprint density at radius 1 is 1.00 bits per heavy atom. The van der Waals surface area contributed by atoms with Crippen molar-refractivity contribution in [3.63, 3.8) is 0 Å². The van der Waals surface area contributed by atoms with E-state index >= 15 is 0 Å². The summed E-state index contributed by atoms with van der Waals surface area (Å²) in [6, 6.07) is 10.1. The zero-order chi connectivity index (χ0) is 12.8. The molecule has 1 aliphatic heterocycles. The van der Waals surface area contributed by atoms with Gasteiger partial charge in [-0.3, -0.25) is 0 Å². The molecule has 4 nitrogen and oxygen atoms in total. The molecule has 4 rings (SSSR count). The van der Waals surface area contributed by atoms with Crippen molar-refractivity contribution in [2.75, 3.05) is 13.9 Å². The molecule has 0 N–H and O–H groups in total. The Balaban J connectivity index is 2.07. The normalized spacial score (nSPS) is 13.1. The standard InChI is InChI=1S/C15H11NO3/c1-17-15-5-10-3-2-9-4-13-14(19-8-18-13)6-11(9)12(10)7-16-15/h2-7H,8H2,1H3. The first-order valence-corrected chi connectivity index (χ1v) is 6.01. The van der Waals surface area contributed by atoms with Gasteiger partial charge in [0.05, 0.1) is 7.11 Å². The smallest absolute Gasteiger partial charge is 0.231 e. The van der Waals surface area contributed by atoms with Crippen molar-refractivity contribution in [3.8, 4) is 17.4 Å². The summed E-state index contributed by atoms with van der Waals surface area (Å²) in [5.74, 6) is 2.21. The van der Waals surface area contributed by atoms with E-state index in [1.165, 1.54) is 0 Å². The third-order valence-corrected chi connectivity index (χ3v) is 3.40. The van der Waals surface area contributed by atoms with Crippen LogP contribution in [0.15, 0.2) is 36.5 Å². The zero-order valence-electron chi connectivity index (χ0n) is 10.3. The van der Waals surface area contributed by atoms with Crippen LogP contribution in [0.25, 0.3) is 21.5 Å². The van der Waals surface area contributed by atoms with Gasteiger partial charge in [-0.25, -0.2) is 4.98 Å². The molecule has 0 atom stereocenters. The zero-order valence-corrected chi connectivity index (χ0v) is 10.3. The van der Waals surface area contributed by atoms with E-state index in [1.54, 1.807) is 7.11 Å². The average Bonchev–Trinajstić information content (AvgIpc) is 2.91. The van der Waals surface area contributed by atoms with E-state index in [9.17, 15) is 0 Å². The summed E-state index contributed by atoms with van der Waals surface area (Å²) in [7, 11) is 1.62. The van der Waals surface area contributed by atoms with Gasteiger partial charge in [-0.15, -0.1) is 0 Å². The molecule has 19 heavy (non-hydrogen) atoms. The lowest BCUT2D eigenvalue weighted by atomic mass is 10.0. The first-order valence-electron chi connectivity index (χ1n) is 6.01. The molecule has 2 heterocycles. The maximum atomic E-state index is 5.43. The van der Waals surface area contributed by atoms with Gasteiger partial charge in [0, 0.05) is 17.6 Å². The number of ether oxygens (including phenoxy) is 3. The largest absolute Gasteiger partial charge is 0.481 e. The van der Waals surface area contributed by atoms with Crippen LogP contribution in [0.2, 0.25) is 0 Å². The number of hydrogen-bond donors (Lipinski definition) is 0. The van der Waals surface area contributed by atoms with Gasteiger partial charge in [0.1, 0.15) is 0 Å². The number of hydrogen-bond acceptors (Lipinski definition) is 4. The minimum absolute atomic E-state index is 0.287. The minimum Gasteiger partial charge on any atom is -0.481 e. The quantitative estimate of drug-likeness (QED) is 0.625. The fourth-order valence-corrected chi connectivity index (χ4v) is 2.43. The predicted octanol–water partition coefficient (Wildman–Crippen LogP) is 3.13. The molecule has 0 amide bonds. The third-order valence-electron chi connectivity index (χ3n) is 3.40. The number of fused-ring (bicyclic) bond motifs is 4. The number of benzene rings is 2. The SMILES string of the molecule is COc1cc2ccc3cc4c(cc3c2cn1)OCO4. The van der Waals surface area contributed by atoms with E-state index in [2.05, 4.69) is 17.1 Å². The average molecular weight is 253 g/mol. The molecule has 0 unspecified atom stereocenters. The minimum atomic E-state index is 0.287. The molecule has 0 aliphatic carbocycles. The lowest BCUT2D eigenvalue weighted by Crippen LogP contribution is -1.92. The van der Waals surface area contributed by atoms with Crippen LogP contribution in [0.5, 0.6) is 17.4 Å². The van der Waals surface area contributed by atoms with Gasteiger partial charge in [-0.2, -0.15) is 0 Å². The van der Waals surface area contributed by atoms with E-state index in [1.807, 2.05) is 24.4 Å². The van der Waals surface area contributed by atoms with Gasteiger partial charge in [-0.1, -0.05) is 12.1 Å². The molecule has 2 aromatic carbocycles. The van der Waals surface area contributed by atoms with Crippen molar-refractivity contribution in [1.82, 2.24) is 4.98 Å². The van der Waals surface area contributed by atoms with Gasteiger partial charge in [-0.05, 0) is 28.3 Å². The van der Waals surface area contributed by atoms with Crippen molar-refractivity contribution < 1.29 is 14.2 Å². The topological polar surface area (TPSA) is 40.6 Å². The number of methoxy groups -OCH3 is 1. The highest BCUT2D eigenvalue weighted by Crippen LogP contribution is 2.38. The summed E-state index contributed by atoms with van der Waals surface area (Å²) < 4.78 is 16.0. The predicted molar refractivity (Wildman–Crippen MR) is 71.9 cm³/mol. The van der Waals surface area contributed by atoms with Crippen LogP contribution in [0.1, 0.15) is 0 Å². The number of pyridine rings is 1. The molecule has 4 heteroatoms. The Morgan fingerprint density at radius 2 is 1.74 bits per heavy atom. The van der Waals surface area contributed by atoms with Gasteiger partial charge in [0.15, 0.2) is 11.5 Å².